The van der Waals surface area contributed by atoms with Crippen molar-refractivity contribution in [3.8, 4) is 0 Å². The molecule has 0 aliphatic heterocycles. The number of amides is 1. The van der Waals surface area contributed by atoms with Gasteiger partial charge in [-0.25, -0.2) is 0 Å². The van der Waals surface area contributed by atoms with E-state index in [2.05, 4.69) is 11.8 Å². The van der Waals surface area contributed by atoms with Gasteiger partial charge in [0.05, 0.1) is 6.42 Å². The zero-order valence-electron chi connectivity index (χ0n) is 11.8. The number of nitrogens with two attached hydrogens (primary N) is 1. The van der Waals surface area contributed by atoms with Gasteiger partial charge in [-0.3, -0.25) is 4.79 Å². The third-order valence-corrected chi connectivity index (χ3v) is 3.98. The molecule has 1 aliphatic rings. The molecular weight excluding hydrogens is 236 g/mol. The number of hydrogen-bond donors (Lipinski definition) is 1. The van der Waals surface area contributed by atoms with Crippen LogP contribution in [0.3, 0.4) is 0 Å². The maximum Gasteiger partial charge on any atom is 0.227 e. The van der Waals surface area contributed by atoms with E-state index >= 15 is 0 Å². The summed E-state index contributed by atoms with van der Waals surface area (Å²) in [6, 6.07) is 8.09. The Morgan fingerprint density at radius 2 is 2.05 bits per heavy atom. The molecule has 0 radical (unpaired) electrons. The van der Waals surface area contributed by atoms with E-state index in [9.17, 15) is 4.79 Å². The van der Waals surface area contributed by atoms with Crippen LogP contribution >= 0.6 is 0 Å². The predicted molar refractivity (Wildman–Crippen MR) is 78.8 cm³/mol. The first-order valence-electron chi connectivity index (χ1n) is 7.34. The SMILES string of the molecule is CCN(C(=O)Cc1cccc(N)c1)C1CCCCC1. The van der Waals surface area contributed by atoms with E-state index in [0.717, 1.165) is 30.6 Å². The molecule has 3 heteroatoms. The number of likely N-dealkylation sites (N-methyl/N-ethyl adjacent to an activating group) is 1. The highest BCUT2D eigenvalue weighted by Crippen LogP contribution is 2.23. The van der Waals surface area contributed by atoms with E-state index in [1.54, 1.807) is 0 Å². The highest BCUT2D eigenvalue weighted by atomic mass is 16.2. The van der Waals surface area contributed by atoms with Gasteiger partial charge in [-0.05, 0) is 37.5 Å². The largest absolute Gasteiger partial charge is 0.399 e. The second-order valence-corrected chi connectivity index (χ2v) is 5.39. The summed E-state index contributed by atoms with van der Waals surface area (Å²) in [6.45, 7) is 2.89. The molecule has 0 aromatic heterocycles. The fraction of sp³-hybridized carbons (Fsp3) is 0.562. The van der Waals surface area contributed by atoms with Gasteiger partial charge in [0.1, 0.15) is 0 Å². The number of nitrogen functional groups attached to an aromatic ring is 1. The lowest BCUT2D eigenvalue weighted by Crippen LogP contribution is -2.42. The van der Waals surface area contributed by atoms with Crippen LogP contribution in [0.5, 0.6) is 0 Å². The molecule has 1 aromatic carbocycles. The minimum absolute atomic E-state index is 0.236. The maximum absolute atomic E-state index is 12.4. The number of carbonyl (C=O) groups excluding carboxylic acids is 1. The van der Waals surface area contributed by atoms with Gasteiger partial charge in [-0.1, -0.05) is 31.4 Å². The van der Waals surface area contributed by atoms with Crippen molar-refractivity contribution in [1.29, 1.82) is 0 Å². The number of rotatable bonds is 4. The van der Waals surface area contributed by atoms with Gasteiger partial charge in [0.25, 0.3) is 0 Å². The van der Waals surface area contributed by atoms with E-state index in [-0.39, 0.29) is 5.91 Å². The first-order chi connectivity index (χ1) is 9.20. The van der Waals surface area contributed by atoms with Gasteiger partial charge >= 0.3 is 0 Å². The first kappa shape index (κ1) is 13.9. The Kier molecular flexibility index (Phi) is 4.83. The van der Waals surface area contributed by atoms with Crippen molar-refractivity contribution in [2.75, 3.05) is 12.3 Å². The molecule has 0 bridgehead atoms. The Balaban J connectivity index is 2.00. The van der Waals surface area contributed by atoms with Crippen LogP contribution in [0.1, 0.15) is 44.6 Å². The molecule has 0 unspecified atom stereocenters. The number of carbonyl (C=O) groups is 1. The van der Waals surface area contributed by atoms with Crippen molar-refractivity contribution in [3.05, 3.63) is 29.8 Å². The standard InChI is InChI=1S/C16H24N2O/c1-2-18(15-9-4-3-5-10-15)16(19)12-13-7-6-8-14(17)11-13/h6-8,11,15H,2-5,9-10,12,17H2,1H3. The van der Waals surface area contributed by atoms with Crippen molar-refractivity contribution >= 4 is 11.6 Å². The van der Waals surface area contributed by atoms with Crippen LogP contribution in [0.25, 0.3) is 0 Å². The van der Waals surface area contributed by atoms with Gasteiger partial charge < -0.3 is 10.6 Å². The summed E-state index contributed by atoms with van der Waals surface area (Å²) in [6.07, 6.45) is 6.62. The normalized spacial score (nSPS) is 16.3. The first-order valence-corrected chi connectivity index (χ1v) is 7.34. The minimum atomic E-state index is 0.236. The molecule has 0 spiro atoms. The van der Waals surface area contributed by atoms with Crippen molar-refractivity contribution in [2.24, 2.45) is 0 Å². The third-order valence-electron chi connectivity index (χ3n) is 3.98. The molecule has 1 aromatic rings. The minimum Gasteiger partial charge on any atom is -0.399 e. The fourth-order valence-electron chi connectivity index (χ4n) is 3.01. The van der Waals surface area contributed by atoms with E-state index in [1.165, 1.54) is 19.3 Å². The van der Waals surface area contributed by atoms with Gasteiger partial charge in [-0.15, -0.1) is 0 Å². The van der Waals surface area contributed by atoms with Gasteiger partial charge in [0.15, 0.2) is 0 Å². The Morgan fingerprint density at radius 1 is 1.32 bits per heavy atom. The molecule has 1 amide bonds. The van der Waals surface area contributed by atoms with Crippen LogP contribution < -0.4 is 5.73 Å². The fourth-order valence-corrected chi connectivity index (χ4v) is 3.01. The summed E-state index contributed by atoms with van der Waals surface area (Å²) in [5.41, 5.74) is 7.50. The summed E-state index contributed by atoms with van der Waals surface area (Å²) >= 11 is 0. The molecule has 2 N–H and O–H groups in total. The lowest BCUT2D eigenvalue weighted by atomic mass is 9.93. The smallest absolute Gasteiger partial charge is 0.227 e. The topological polar surface area (TPSA) is 46.3 Å². The highest BCUT2D eigenvalue weighted by molar-refractivity contribution is 5.79. The number of benzene rings is 1. The van der Waals surface area contributed by atoms with Crippen molar-refractivity contribution in [1.82, 2.24) is 4.90 Å². The molecule has 0 saturated heterocycles. The molecule has 19 heavy (non-hydrogen) atoms. The van der Waals surface area contributed by atoms with Crippen LogP contribution in [-0.2, 0) is 11.2 Å². The summed E-state index contributed by atoms with van der Waals surface area (Å²) in [7, 11) is 0. The van der Waals surface area contributed by atoms with Crippen molar-refractivity contribution in [3.63, 3.8) is 0 Å². The molecule has 0 atom stereocenters. The average molecular weight is 260 g/mol. The molecule has 1 aliphatic carbocycles. The van der Waals surface area contributed by atoms with Crippen molar-refractivity contribution < 1.29 is 4.79 Å². The summed E-state index contributed by atoms with van der Waals surface area (Å²) < 4.78 is 0. The second-order valence-electron chi connectivity index (χ2n) is 5.39. The second kappa shape index (κ2) is 6.60. The maximum atomic E-state index is 12.4. The van der Waals surface area contributed by atoms with Crippen LogP contribution in [0.2, 0.25) is 0 Å². The third kappa shape index (κ3) is 3.72. The Morgan fingerprint density at radius 3 is 2.68 bits per heavy atom. The Bertz CT molecular complexity index is 425. The molecule has 1 saturated carbocycles. The van der Waals surface area contributed by atoms with Crippen LogP contribution in [0.15, 0.2) is 24.3 Å². The molecular formula is C16H24N2O. The van der Waals surface area contributed by atoms with Crippen LogP contribution in [0, 0.1) is 0 Å². The monoisotopic (exact) mass is 260 g/mol. The molecule has 2 rings (SSSR count). The van der Waals surface area contributed by atoms with Gasteiger partial charge in [0.2, 0.25) is 5.91 Å². The van der Waals surface area contributed by atoms with E-state index in [4.69, 9.17) is 5.73 Å². The van der Waals surface area contributed by atoms with Crippen molar-refractivity contribution in [2.45, 2.75) is 51.5 Å². The quantitative estimate of drug-likeness (QED) is 0.846. The summed E-state index contributed by atoms with van der Waals surface area (Å²) in [4.78, 5) is 14.5. The Hall–Kier alpha value is -1.51. The molecule has 3 nitrogen and oxygen atoms in total. The van der Waals surface area contributed by atoms with Crippen LogP contribution in [0.4, 0.5) is 5.69 Å². The van der Waals surface area contributed by atoms with E-state index < -0.39 is 0 Å². The molecule has 1 fully saturated rings. The lowest BCUT2D eigenvalue weighted by molar-refractivity contribution is -0.133. The average Bonchev–Trinajstić information content (AvgIpc) is 2.41. The zero-order chi connectivity index (χ0) is 13.7. The molecule has 0 heterocycles. The summed E-state index contributed by atoms with van der Waals surface area (Å²) in [5, 5.41) is 0. The molecule has 104 valence electrons. The summed E-state index contributed by atoms with van der Waals surface area (Å²) in [5.74, 6) is 0.236. The zero-order valence-corrected chi connectivity index (χ0v) is 11.8. The predicted octanol–water partition coefficient (Wildman–Crippen LogP) is 2.99. The van der Waals surface area contributed by atoms with Crippen LogP contribution in [-0.4, -0.2) is 23.4 Å². The number of anilines is 1. The Labute approximate surface area is 115 Å². The van der Waals surface area contributed by atoms with Gasteiger partial charge in [0, 0.05) is 18.3 Å². The lowest BCUT2D eigenvalue weighted by Gasteiger charge is -2.33. The number of nitrogens with zero attached hydrogens (tertiary/aromatic N) is 1. The van der Waals surface area contributed by atoms with E-state index in [1.807, 2.05) is 24.3 Å². The number of hydrogen-bond acceptors (Lipinski definition) is 2. The highest BCUT2D eigenvalue weighted by Gasteiger charge is 2.23. The van der Waals surface area contributed by atoms with E-state index in [0.29, 0.717) is 12.5 Å². The van der Waals surface area contributed by atoms with Gasteiger partial charge in [-0.2, -0.15) is 0 Å².